The first-order chi connectivity index (χ1) is 7.21. The van der Waals surface area contributed by atoms with Crippen molar-refractivity contribution >= 4 is 44.8 Å². The number of benzene rings is 1. The van der Waals surface area contributed by atoms with E-state index in [-0.39, 0.29) is 20.6 Å². The van der Waals surface area contributed by atoms with E-state index in [9.17, 15) is 13.2 Å². The molecule has 0 bridgehead atoms. The van der Waals surface area contributed by atoms with Crippen LogP contribution in [0.5, 0.6) is 0 Å². The maximum atomic E-state index is 11.2. The Morgan fingerprint density at radius 2 is 1.81 bits per heavy atom. The van der Waals surface area contributed by atoms with E-state index in [1.807, 2.05) is 0 Å². The van der Waals surface area contributed by atoms with Crippen molar-refractivity contribution in [3.63, 3.8) is 0 Å². The molecule has 0 atom stereocenters. The van der Waals surface area contributed by atoms with Crippen molar-refractivity contribution in [1.82, 2.24) is 0 Å². The minimum Gasteiger partial charge on any atom is -0.325 e. The van der Waals surface area contributed by atoms with Crippen LogP contribution < -0.4 is 10.5 Å². The van der Waals surface area contributed by atoms with Crippen molar-refractivity contribution < 1.29 is 13.2 Å². The van der Waals surface area contributed by atoms with Gasteiger partial charge in [-0.2, -0.15) is 0 Å². The van der Waals surface area contributed by atoms with Gasteiger partial charge in [-0.15, -0.1) is 0 Å². The van der Waals surface area contributed by atoms with Gasteiger partial charge in [-0.05, 0) is 12.1 Å². The molecule has 3 N–H and O–H groups in total. The van der Waals surface area contributed by atoms with Gasteiger partial charge in [0.25, 0.3) is 0 Å². The number of anilines is 1. The van der Waals surface area contributed by atoms with Gasteiger partial charge in [0, 0.05) is 6.92 Å². The van der Waals surface area contributed by atoms with E-state index < -0.39 is 15.9 Å². The van der Waals surface area contributed by atoms with Gasteiger partial charge in [0.2, 0.25) is 15.9 Å². The van der Waals surface area contributed by atoms with Crippen molar-refractivity contribution in [2.75, 3.05) is 5.32 Å². The first kappa shape index (κ1) is 13.2. The zero-order valence-corrected chi connectivity index (χ0v) is 10.4. The monoisotopic (exact) mass is 282 g/mol. The summed E-state index contributed by atoms with van der Waals surface area (Å²) in [7, 11) is -3.98. The van der Waals surface area contributed by atoms with Crippen molar-refractivity contribution in [3.05, 3.63) is 22.2 Å². The van der Waals surface area contributed by atoms with Gasteiger partial charge in [-0.3, -0.25) is 4.79 Å². The summed E-state index contributed by atoms with van der Waals surface area (Å²) in [6.07, 6.45) is 0. The summed E-state index contributed by atoms with van der Waals surface area (Å²) in [6.45, 7) is 1.23. The summed E-state index contributed by atoms with van der Waals surface area (Å²) in [6, 6.07) is 2.32. The van der Waals surface area contributed by atoms with E-state index in [1.54, 1.807) is 0 Å². The second-order valence-corrected chi connectivity index (χ2v) is 5.33. The normalized spacial score (nSPS) is 11.2. The second-order valence-electron chi connectivity index (χ2n) is 2.99. The molecule has 0 aliphatic carbocycles. The number of carbonyl (C=O) groups excluding carboxylic acids is 1. The summed E-state index contributed by atoms with van der Waals surface area (Å²) in [5.41, 5.74) is 0.00407. The molecule has 0 fully saturated rings. The molecule has 16 heavy (non-hydrogen) atoms. The van der Waals surface area contributed by atoms with E-state index in [0.29, 0.717) is 0 Å². The number of rotatable bonds is 2. The molecular formula is C8H8Cl2N2O3S. The molecule has 88 valence electrons. The number of nitrogens with two attached hydrogens (primary N) is 1. The van der Waals surface area contributed by atoms with Crippen LogP contribution >= 0.6 is 23.2 Å². The van der Waals surface area contributed by atoms with Crippen LogP contribution in [-0.4, -0.2) is 14.3 Å². The molecule has 1 amide bonds. The van der Waals surface area contributed by atoms with Gasteiger partial charge in [-0.1, -0.05) is 23.2 Å². The first-order valence-corrected chi connectivity index (χ1v) is 6.31. The highest BCUT2D eigenvalue weighted by atomic mass is 35.5. The summed E-state index contributed by atoms with van der Waals surface area (Å²) in [5, 5.41) is 7.44. The van der Waals surface area contributed by atoms with Crippen LogP contribution in [0.15, 0.2) is 17.0 Å². The molecule has 0 aromatic heterocycles. The van der Waals surface area contributed by atoms with E-state index in [4.69, 9.17) is 28.3 Å². The molecule has 8 heteroatoms. The van der Waals surface area contributed by atoms with Gasteiger partial charge >= 0.3 is 0 Å². The zero-order chi connectivity index (χ0) is 12.5. The first-order valence-electron chi connectivity index (χ1n) is 4.01. The van der Waals surface area contributed by atoms with Crippen LogP contribution in [0, 0.1) is 0 Å². The third kappa shape index (κ3) is 3.08. The fourth-order valence-electron chi connectivity index (χ4n) is 1.05. The Balaban J connectivity index is 3.45. The van der Waals surface area contributed by atoms with Gasteiger partial charge in [0.05, 0.1) is 15.7 Å². The molecule has 0 unspecified atom stereocenters. The van der Waals surface area contributed by atoms with Crippen molar-refractivity contribution in [2.45, 2.75) is 11.8 Å². The largest absolute Gasteiger partial charge is 0.325 e. The average Bonchev–Trinajstić information content (AvgIpc) is 2.08. The van der Waals surface area contributed by atoms with E-state index in [2.05, 4.69) is 5.32 Å². The van der Waals surface area contributed by atoms with E-state index in [0.717, 1.165) is 6.07 Å². The van der Waals surface area contributed by atoms with E-state index in [1.165, 1.54) is 13.0 Å². The Morgan fingerprint density at radius 1 is 1.31 bits per heavy atom. The summed E-state index contributed by atoms with van der Waals surface area (Å²) < 4.78 is 22.4. The lowest BCUT2D eigenvalue weighted by molar-refractivity contribution is -0.114. The topological polar surface area (TPSA) is 89.3 Å². The summed E-state index contributed by atoms with van der Waals surface area (Å²) in [5.74, 6) is -0.441. The smallest absolute Gasteiger partial charge is 0.240 e. The lowest BCUT2D eigenvalue weighted by Crippen LogP contribution is -2.16. The Labute approximate surface area is 103 Å². The van der Waals surface area contributed by atoms with Crippen LogP contribution in [0.4, 0.5) is 5.69 Å². The van der Waals surface area contributed by atoms with Crippen LogP contribution in [0.25, 0.3) is 0 Å². The minimum atomic E-state index is -3.98. The number of carbonyl (C=O) groups is 1. The zero-order valence-electron chi connectivity index (χ0n) is 8.12. The number of sulfonamides is 1. The van der Waals surface area contributed by atoms with Crippen LogP contribution in [0.2, 0.25) is 10.0 Å². The second kappa shape index (κ2) is 4.58. The Kier molecular flexibility index (Phi) is 3.80. The minimum absolute atomic E-state index is 0.00407. The quantitative estimate of drug-likeness (QED) is 0.863. The predicted molar refractivity (Wildman–Crippen MR) is 62.1 cm³/mol. The Morgan fingerprint density at radius 3 is 2.25 bits per heavy atom. The fraction of sp³-hybridized carbons (Fsp3) is 0.125. The van der Waals surface area contributed by atoms with E-state index >= 15 is 0 Å². The number of nitrogens with one attached hydrogen (secondary N) is 1. The fourth-order valence-corrected chi connectivity index (χ4v) is 2.14. The van der Waals surface area contributed by atoms with Gasteiger partial charge in [0.15, 0.2) is 0 Å². The average molecular weight is 283 g/mol. The number of primary sulfonamides is 1. The Bertz CT molecular complexity index is 542. The van der Waals surface area contributed by atoms with Crippen LogP contribution in [0.1, 0.15) is 6.92 Å². The number of hydrogen-bond acceptors (Lipinski definition) is 3. The summed E-state index contributed by atoms with van der Waals surface area (Å²) >= 11 is 11.4. The number of halogens is 2. The predicted octanol–water partition coefficient (Wildman–Crippen LogP) is 1.60. The molecule has 0 aliphatic rings. The lowest BCUT2D eigenvalue weighted by Gasteiger charge is -2.09. The van der Waals surface area contributed by atoms with Crippen molar-refractivity contribution in [2.24, 2.45) is 5.14 Å². The molecule has 1 aromatic rings. The molecule has 1 rings (SSSR count). The molecule has 1 aromatic carbocycles. The maximum Gasteiger partial charge on any atom is 0.240 e. The standard InChI is InChI=1S/C8H8Cl2N2O3S/c1-4(13)12-7-2-5(9)6(10)3-8(7)16(11,14)15/h2-3H,1H3,(H,12,13)(H2,11,14,15). The highest BCUT2D eigenvalue weighted by molar-refractivity contribution is 7.89. The Hall–Kier alpha value is -0.820. The lowest BCUT2D eigenvalue weighted by atomic mass is 10.3. The van der Waals surface area contributed by atoms with Crippen LogP contribution in [-0.2, 0) is 14.8 Å². The highest BCUT2D eigenvalue weighted by Crippen LogP contribution is 2.31. The molecule has 0 heterocycles. The van der Waals surface area contributed by atoms with Crippen molar-refractivity contribution in [3.8, 4) is 0 Å². The van der Waals surface area contributed by atoms with Gasteiger partial charge in [0.1, 0.15) is 4.90 Å². The van der Waals surface area contributed by atoms with Crippen molar-refractivity contribution in [1.29, 1.82) is 0 Å². The van der Waals surface area contributed by atoms with Crippen LogP contribution in [0.3, 0.4) is 0 Å². The molecule has 0 aliphatic heterocycles. The maximum absolute atomic E-state index is 11.2. The third-order valence-corrected chi connectivity index (χ3v) is 3.31. The molecular weight excluding hydrogens is 275 g/mol. The van der Waals surface area contributed by atoms with Gasteiger partial charge < -0.3 is 5.32 Å². The summed E-state index contributed by atoms with van der Waals surface area (Å²) in [4.78, 5) is 10.6. The molecule has 0 spiro atoms. The highest BCUT2D eigenvalue weighted by Gasteiger charge is 2.17. The number of hydrogen-bond donors (Lipinski definition) is 2. The molecule has 5 nitrogen and oxygen atoms in total. The molecule has 0 saturated heterocycles. The SMILES string of the molecule is CC(=O)Nc1cc(Cl)c(Cl)cc1S(N)(=O)=O. The third-order valence-electron chi connectivity index (χ3n) is 1.64. The van der Waals surface area contributed by atoms with Gasteiger partial charge in [-0.25, -0.2) is 13.6 Å². The molecule has 0 saturated carbocycles. The molecule has 0 radical (unpaired) electrons. The number of amides is 1.